The van der Waals surface area contributed by atoms with Gasteiger partial charge < -0.3 is 25.3 Å². The van der Waals surface area contributed by atoms with Crippen molar-refractivity contribution in [2.75, 3.05) is 13.6 Å². The average molecular weight is 345 g/mol. The number of hydrogen-bond acceptors (Lipinski definition) is 5. The molecule has 4 N–H and O–H groups in total. The second-order valence-corrected chi connectivity index (χ2v) is 6.44. The van der Waals surface area contributed by atoms with Crippen molar-refractivity contribution in [3.05, 3.63) is 54.1 Å². The highest BCUT2D eigenvalue weighted by molar-refractivity contribution is 5.38. The van der Waals surface area contributed by atoms with Crippen LogP contribution in [0.5, 0.6) is 17.2 Å². The van der Waals surface area contributed by atoms with Crippen LogP contribution in [0.25, 0.3) is 0 Å². The quantitative estimate of drug-likeness (QED) is 0.685. The van der Waals surface area contributed by atoms with Crippen molar-refractivity contribution in [1.29, 1.82) is 0 Å². The Balaban J connectivity index is 0.000000269. The van der Waals surface area contributed by atoms with E-state index < -0.39 is 0 Å². The summed E-state index contributed by atoms with van der Waals surface area (Å²) in [6, 6.07) is 13.6. The second kappa shape index (κ2) is 9.30. The van der Waals surface area contributed by atoms with Gasteiger partial charge in [-0.25, -0.2) is 0 Å². The van der Waals surface area contributed by atoms with Crippen LogP contribution in [0.3, 0.4) is 0 Å². The van der Waals surface area contributed by atoms with E-state index in [-0.39, 0.29) is 23.6 Å². The predicted octanol–water partition coefficient (Wildman–Crippen LogP) is 2.88. The number of nitrogens with zero attached hydrogens (tertiary/aromatic N) is 1. The smallest absolute Gasteiger partial charge is 0.122 e. The highest BCUT2D eigenvalue weighted by atomic mass is 16.3. The fraction of sp³-hybridized carbons (Fsp3) is 0.400. The van der Waals surface area contributed by atoms with Crippen LogP contribution in [-0.2, 0) is 6.42 Å². The average Bonchev–Trinajstić information content (AvgIpc) is 3.01. The zero-order valence-electron chi connectivity index (χ0n) is 14.5. The van der Waals surface area contributed by atoms with Gasteiger partial charge in [-0.1, -0.05) is 24.3 Å². The number of aliphatic hydroxyl groups is 1. The Hall–Kier alpha value is -2.24. The lowest BCUT2D eigenvalue weighted by Crippen LogP contribution is -2.36. The summed E-state index contributed by atoms with van der Waals surface area (Å²) in [6.45, 7) is 1.05. The maximum Gasteiger partial charge on any atom is 0.122 e. The first kappa shape index (κ1) is 19.1. The third-order valence-electron chi connectivity index (χ3n) is 4.56. The number of aryl methyl sites for hydroxylation is 1. The molecule has 2 aromatic carbocycles. The summed E-state index contributed by atoms with van der Waals surface area (Å²) in [5.41, 5.74) is 0.771. The van der Waals surface area contributed by atoms with Gasteiger partial charge in [0.15, 0.2) is 0 Å². The molecule has 0 spiro atoms. The number of rotatable bonds is 4. The second-order valence-electron chi connectivity index (χ2n) is 6.44. The number of likely N-dealkylation sites (N-methyl/N-ethyl adjacent to an activating group) is 1. The van der Waals surface area contributed by atoms with Crippen molar-refractivity contribution in [1.82, 2.24) is 4.90 Å². The van der Waals surface area contributed by atoms with Gasteiger partial charge >= 0.3 is 0 Å². The topological polar surface area (TPSA) is 84.2 Å². The van der Waals surface area contributed by atoms with Crippen molar-refractivity contribution < 1.29 is 20.4 Å². The maximum atomic E-state index is 10.2. The lowest BCUT2D eigenvalue weighted by atomic mass is 10.00. The minimum atomic E-state index is -0.356. The molecule has 5 heteroatoms. The van der Waals surface area contributed by atoms with E-state index in [1.807, 2.05) is 13.1 Å². The summed E-state index contributed by atoms with van der Waals surface area (Å²) in [5, 5.41) is 37.7. The van der Waals surface area contributed by atoms with Crippen LogP contribution in [-0.4, -0.2) is 51.1 Å². The molecule has 25 heavy (non-hydrogen) atoms. The number of para-hydroxylation sites is 1. The number of aliphatic hydroxyl groups excluding tert-OH is 1. The molecule has 0 aromatic heterocycles. The lowest BCUT2D eigenvalue weighted by Gasteiger charge is -2.25. The van der Waals surface area contributed by atoms with E-state index in [4.69, 9.17) is 5.11 Å². The van der Waals surface area contributed by atoms with Gasteiger partial charge in [0.25, 0.3) is 0 Å². The van der Waals surface area contributed by atoms with Gasteiger partial charge in [0.1, 0.15) is 17.2 Å². The Morgan fingerprint density at radius 1 is 1.04 bits per heavy atom. The number of likely N-dealkylation sites (tertiary alicyclic amines) is 1. The summed E-state index contributed by atoms with van der Waals surface area (Å²) in [5.74, 6) is 0.483. The van der Waals surface area contributed by atoms with Gasteiger partial charge in [-0.05, 0) is 63.0 Å². The zero-order valence-corrected chi connectivity index (χ0v) is 14.5. The van der Waals surface area contributed by atoms with Crippen molar-refractivity contribution in [3.8, 4) is 17.2 Å². The predicted molar refractivity (Wildman–Crippen MR) is 97.9 cm³/mol. The third kappa shape index (κ3) is 5.96. The zero-order chi connectivity index (χ0) is 18.2. The van der Waals surface area contributed by atoms with Crippen molar-refractivity contribution in [2.24, 2.45) is 0 Å². The molecular weight excluding hydrogens is 318 g/mol. The first-order chi connectivity index (χ1) is 12.0. The first-order valence-corrected chi connectivity index (χ1v) is 8.60. The largest absolute Gasteiger partial charge is 0.508 e. The molecule has 5 nitrogen and oxygen atoms in total. The van der Waals surface area contributed by atoms with E-state index in [0.29, 0.717) is 18.6 Å². The van der Waals surface area contributed by atoms with Gasteiger partial charge in [-0.2, -0.15) is 0 Å². The Morgan fingerprint density at radius 2 is 1.76 bits per heavy atom. The van der Waals surface area contributed by atoms with Crippen molar-refractivity contribution >= 4 is 0 Å². The number of hydrogen-bond donors (Lipinski definition) is 4. The normalized spacial score (nSPS) is 18.4. The van der Waals surface area contributed by atoms with E-state index >= 15 is 0 Å². The molecule has 0 amide bonds. The number of phenols is 3. The van der Waals surface area contributed by atoms with Crippen LogP contribution >= 0.6 is 0 Å². The summed E-state index contributed by atoms with van der Waals surface area (Å²) in [4.78, 5) is 2.20. The molecule has 3 rings (SSSR count). The van der Waals surface area contributed by atoms with Crippen LogP contribution in [0.15, 0.2) is 48.5 Å². The van der Waals surface area contributed by atoms with Gasteiger partial charge in [0, 0.05) is 12.1 Å². The summed E-state index contributed by atoms with van der Waals surface area (Å²) in [6.07, 6.45) is 3.08. The molecule has 0 bridgehead atoms. The SMILES string of the molecule is CN1CCCC1C(O)CCc1ccc(O)cc1O.Oc1ccccc1. The number of benzene rings is 2. The van der Waals surface area contributed by atoms with E-state index in [1.165, 1.54) is 6.07 Å². The molecule has 1 aliphatic heterocycles. The molecule has 0 aliphatic carbocycles. The molecule has 1 fully saturated rings. The van der Waals surface area contributed by atoms with Gasteiger partial charge in [0.05, 0.1) is 6.10 Å². The fourth-order valence-electron chi connectivity index (χ4n) is 3.11. The van der Waals surface area contributed by atoms with Crippen LogP contribution in [0.1, 0.15) is 24.8 Å². The molecule has 1 heterocycles. The van der Waals surface area contributed by atoms with Crippen LogP contribution in [0, 0.1) is 0 Å². The molecule has 0 saturated carbocycles. The molecule has 136 valence electrons. The molecule has 2 atom stereocenters. The Kier molecular flexibility index (Phi) is 7.10. The van der Waals surface area contributed by atoms with Gasteiger partial charge in [0.2, 0.25) is 0 Å². The fourth-order valence-corrected chi connectivity index (χ4v) is 3.11. The van der Waals surface area contributed by atoms with E-state index in [0.717, 1.165) is 24.9 Å². The monoisotopic (exact) mass is 345 g/mol. The highest BCUT2D eigenvalue weighted by Crippen LogP contribution is 2.26. The summed E-state index contributed by atoms with van der Waals surface area (Å²) in [7, 11) is 2.04. The van der Waals surface area contributed by atoms with E-state index in [2.05, 4.69) is 4.90 Å². The van der Waals surface area contributed by atoms with E-state index in [9.17, 15) is 15.3 Å². The van der Waals surface area contributed by atoms with Gasteiger partial charge in [-0.3, -0.25) is 0 Å². The lowest BCUT2D eigenvalue weighted by molar-refractivity contribution is 0.0787. The van der Waals surface area contributed by atoms with Crippen LogP contribution in [0.4, 0.5) is 0 Å². The molecule has 0 radical (unpaired) electrons. The van der Waals surface area contributed by atoms with Crippen LogP contribution in [0.2, 0.25) is 0 Å². The molecule has 2 aromatic rings. The summed E-state index contributed by atoms with van der Waals surface area (Å²) >= 11 is 0. The van der Waals surface area contributed by atoms with Gasteiger partial charge in [-0.15, -0.1) is 0 Å². The first-order valence-electron chi connectivity index (χ1n) is 8.60. The minimum Gasteiger partial charge on any atom is -0.508 e. The van der Waals surface area contributed by atoms with Crippen molar-refractivity contribution in [2.45, 2.75) is 37.8 Å². The number of aromatic hydroxyl groups is 3. The molecule has 2 unspecified atom stereocenters. The molecular formula is C20H27NO4. The number of phenolic OH excluding ortho intramolecular Hbond substituents is 3. The minimum absolute atomic E-state index is 0.0623. The van der Waals surface area contributed by atoms with Crippen molar-refractivity contribution in [3.63, 3.8) is 0 Å². The maximum absolute atomic E-state index is 10.2. The van der Waals surface area contributed by atoms with E-state index in [1.54, 1.807) is 36.4 Å². The Bertz CT molecular complexity index is 647. The standard InChI is InChI=1S/C14H21NO3.C6H6O/c1-15-8-2-3-12(15)13(17)7-5-10-4-6-11(16)9-14(10)18;7-6-4-2-1-3-5-6/h4,6,9,12-13,16-18H,2-3,5,7-8H2,1H3;1-5,7H. The molecule has 1 aliphatic rings. The third-order valence-corrected chi connectivity index (χ3v) is 4.56. The Morgan fingerprint density at radius 3 is 2.28 bits per heavy atom. The highest BCUT2D eigenvalue weighted by Gasteiger charge is 2.27. The molecule has 1 saturated heterocycles. The van der Waals surface area contributed by atoms with Crippen LogP contribution < -0.4 is 0 Å². The Labute approximate surface area is 148 Å². The summed E-state index contributed by atoms with van der Waals surface area (Å²) < 4.78 is 0.